The van der Waals surface area contributed by atoms with Gasteiger partial charge in [-0.3, -0.25) is 9.48 Å². The van der Waals surface area contributed by atoms with E-state index < -0.39 is 5.54 Å². The Morgan fingerprint density at radius 2 is 2.04 bits per heavy atom. The van der Waals surface area contributed by atoms with Crippen molar-refractivity contribution in [3.8, 4) is 11.5 Å². The van der Waals surface area contributed by atoms with Gasteiger partial charge in [0.2, 0.25) is 5.91 Å². The summed E-state index contributed by atoms with van der Waals surface area (Å²) >= 11 is 0. The summed E-state index contributed by atoms with van der Waals surface area (Å²) in [7, 11) is 0. The minimum Gasteiger partial charge on any atom is -0.486 e. The molecule has 7 heteroatoms. The van der Waals surface area contributed by atoms with Gasteiger partial charge >= 0.3 is 0 Å². The number of amides is 1. The Morgan fingerprint density at radius 3 is 2.81 bits per heavy atom. The number of rotatable bonds is 5. The molecule has 3 heterocycles. The normalized spacial score (nSPS) is 18.3. The van der Waals surface area contributed by atoms with Crippen molar-refractivity contribution in [2.45, 2.75) is 24.8 Å². The summed E-state index contributed by atoms with van der Waals surface area (Å²) < 4.78 is 13.0. The number of benzene rings is 1. The predicted octanol–water partition coefficient (Wildman–Crippen LogP) is 1.09. The summed E-state index contributed by atoms with van der Waals surface area (Å²) in [6, 6.07) is 7.82. The molecule has 1 saturated heterocycles. The van der Waals surface area contributed by atoms with Crippen molar-refractivity contribution in [2.24, 2.45) is 0 Å². The van der Waals surface area contributed by atoms with Crippen LogP contribution >= 0.6 is 0 Å². The molecule has 2 N–H and O–H groups in total. The maximum atomic E-state index is 13.0. The summed E-state index contributed by atoms with van der Waals surface area (Å²) in [5.74, 6) is 1.61. The van der Waals surface area contributed by atoms with Crippen molar-refractivity contribution in [3.05, 3.63) is 42.2 Å². The smallest absolute Gasteiger partial charge is 0.248 e. The van der Waals surface area contributed by atoms with E-state index >= 15 is 0 Å². The van der Waals surface area contributed by atoms with Gasteiger partial charge in [0.25, 0.3) is 0 Å². The second kappa shape index (κ2) is 7.37. The number of aromatic nitrogens is 2. The van der Waals surface area contributed by atoms with Crippen molar-refractivity contribution in [1.82, 2.24) is 20.4 Å². The Kier molecular flexibility index (Phi) is 4.79. The number of hydrogen-bond donors (Lipinski definition) is 2. The Labute approximate surface area is 152 Å². The second-order valence-corrected chi connectivity index (χ2v) is 6.72. The average Bonchev–Trinajstić information content (AvgIpc) is 3.24. The Balaban J connectivity index is 1.40. The Bertz CT molecular complexity index is 754. The Hall–Kier alpha value is -2.54. The quantitative estimate of drug-likeness (QED) is 0.839. The van der Waals surface area contributed by atoms with Crippen LogP contribution in [0.3, 0.4) is 0 Å². The maximum Gasteiger partial charge on any atom is 0.248 e. The van der Waals surface area contributed by atoms with Gasteiger partial charge in [-0.2, -0.15) is 5.10 Å². The highest BCUT2D eigenvalue weighted by Gasteiger charge is 2.41. The summed E-state index contributed by atoms with van der Waals surface area (Å²) in [5.41, 5.74) is 0.523. The van der Waals surface area contributed by atoms with Crippen LogP contribution in [0.4, 0.5) is 0 Å². The van der Waals surface area contributed by atoms with Crippen LogP contribution in [0.1, 0.15) is 18.4 Å². The zero-order chi connectivity index (χ0) is 17.8. The average molecular weight is 356 g/mol. The van der Waals surface area contributed by atoms with Crippen LogP contribution in [-0.4, -0.2) is 48.5 Å². The van der Waals surface area contributed by atoms with Gasteiger partial charge < -0.3 is 20.1 Å². The number of fused-ring (bicyclic) bond motifs is 1. The van der Waals surface area contributed by atoms with E-state index in [-0.39, 0.29) is 5.91 Å². The third-order valence-corrected chi connectivity index (χ3v) is 5.10. The maximum absolute atomic E-state index is 13.0. The number of nitrogens with zero attached hydrogens (tertiary/aromatic N) is 2. The molecule has 0 bridgehead atoms. The monoisotopic (exact) mass is 356 g/mol. The van der Waals surface area contributed by atoms with Gasteiger partial charge in [0, 0.05) is 18.9 Å². The van der Waals surface area contributed by atoms with Gasteiger partial charge in [-0.15, -0.1) is 0 Å². The minimum atomic E-state index is -0.596. The molecule has 26 heavy (non-hydrogen) atoms. The van der Waals surface area contributed by atoms with Crippen LogP contribution in [-0.2, 0) is 16.8 Å². The van der Waals surface area contributed by atoms with Gasteiger partial charge in [0.05, 0.1) is 0 Å². The molecule has 2 aliphatic rings. The number of carbonyl (C=O) groups is 1. The highest BCUT2D eigenvalue weighted by Crippen LogP contribution is 2.31. The fraction of sp³-hybridized carbons (Fsp3) is 0.474. The molecule has 4 rings (SSSR count). The van der Waals surface area contributed by atoms with Crippen molar-refractivity contribution in [1.29, 1.82) is 0 Å². The van der Waals surface area contributed by atoms with Gasteiger partial charge in [0.1, 0.15) is 18.8 Å². The molecule has 0 saturated carbocycles. The van der Waals surface area contributed by atoms with Crippen LogP contribution in [0.2, 0.25) is 0 Å². The molecule has 1 amide bonds. The minimum absolute atomic E-state index is 0.0419. The van der Waals surface area contributed by atoms with E-state index in [2.05, 4.69) is 15.7 Å². The van der Waals surface area contributed by atoms with Crippen LogP contribution in [0.15, 0.2) is 36.7 Å². The first-order valence-electron chi connectivity index (χ1n) is 9.16. The van der Waals surface area contributed by atoms with Crippen molar-refractivity contribution < 1.29 is 14.3 Å². The number of ether oxygens (including phenoxy) is 2. The fourth-order valence-corrected chi connectivity index (χ4v) is 3.65. The highest BCUT2D eigenvalue weighted by atomic mass is 16.6. The molecular formula is C19H24N4O3. The zero-order valence-electron chi connectivity index (χ0n) is 14.7. The molecule has 2 aromatic rings. The molecule has 7 nitrogen and oxygen atoms in total. The van der Waals surface area contributed by atoms with E-state index in [0.29, 0.717) is 19.8 Å². The van der Waals surface area contributed by atoms with Crippen LogP contribution in [0, 0.1) is 0 Å². The number of hydrogen-bond acceptors (Lipinski definition) is 5. The lowest BCUT2D eigenvalue weighted by Gasteiger charge is -2.36. The van der Waals surface area contributed by atoms with Crippen LogP contribution in [0.25, 0.3) is 0 Å². The lowest BCUT2D eigenvalue weighted by molar-refractivity contribution is -0.131. The highest BCUT2D eigenvalue weighted by molar-refractivity contribution is 5.84. The third kappa shape index (κ3) is 3.26. The molecule has 1 fully saturated rings. The third-order valence-electron chi connectivity index (χ3n) is 5.10. The number of piperidine rings is 1. The molecular weight excluding hydrogens is 332 g/mol. The number of nitrogens with one attached hydrogen (secondary N) is 2. The molecule has 0 aliphatic carbocycles. The largest absolute Gasteiger partial charge is 0.486 e. The first kappa shape index (κ1) is 16.9. The van der Waals surface area contributed by atoms with Gasteiger partial charge in [-0.1, -0.05) is 6.07 Å². The molecule has 0 radical (unpaired) electrons. The fourth-order valence-electron chi connectivity index (χ4n) is 3.65. The summed E-state index contributed by atoms with van der Waals surface area (Å²) in [5, 5.41) is 10.8. The molecule has 0 unspecified atom stereocenters. The van der Waals surface area contributed by atoms with Crippen molar-refractivity contribution in [3.63, 3.8) is 0 Å². The van der Waals surface area contributed by atoms with Crippen LogP contribution < -0.4 is 20.1 Å². The van der Waals surface area contributed by atoms with E-state index in [0.717, 1.165) is 49.4 Å². The lowest BCUT2D eigenvalue weighted by atomic mass is 9.87. The Morgan fingerprint density at radius 1 is 1.23 bits per heavy atom. The van der Waals surface area contributed by atoms with E-state index in [1.165, 1.54) is 0 Å². The lowest BCUT2D eigenvalue weighted by Crippen LogP contribution is -2.54. The first-order chi connectivity index (χ1) is 12.8. The molecule has 1 aromatic carbocycles. The second-order valence-electron chi connectivity index (χ2n) is 6.72. The van der Waals surface area contributed by atoms with Gasteiger partial charge in [-0.05, 0) is 56.1 Å². The van der Waals surface area contributed by atoms with Gasteiger partial charge in [0.15, 0.2) is 11.5 Å². The van der Waals surface area contributed by atoms with Crippen molar-refractivity contribution >= 4 is 5.91 Å². The molecule has 138 valence electrons. The standard InChI is InChI=1S/C19H24N4O3/c24-18(19(5-9-20-10-6-19)23-11-1-7-22-23)21-8-4-15-2-3-16-17(14-15)26-13-12-25-16/h1-3,7,11,14,20H,4-6,8-10,12-13H2,(H,21,24). The topological polar surface area (TPSA) is 77.4 Å². The van der Waals surface area contributed by atoms with Gasteiger partial charge in [-0.25, -0.2) is 0 Å². The molecule has 0 spiro atoms. The van der Waals surface area contributed by atoms with E-state index in [1.807, 2.05) is 35.1 Å². The van der Waals surface area contributed by atoms with E-state index in [1.54, 1.807) is 6.20 Å². The first-order valence-corrected chi connectivity index (χ1v) is 9.16. The summed E-state index contributed by atoms with van der Waals surface area (Å²) in [4.78, 5) is 13.0. The number of carbonyl (C=O) groups excluding carboxylic acids is 1. The summed E-state index contributed by atoms with van der Waals surface area (Å²) in [6.07, 6.45) is 5.84. The zero-order valence-corrected chi connectivity index (χ0v) is 14.7. The molecule has 1 aromatic heterocycles. The SMILES string of the molecule is O=C(NCCc1ccc2c(c1)OCCO2)C1(n2cccn2)CCNCC1. The van der Waals surface area contributed by atoms with Crippen molar-refractivity contribution in [2.75, 3.05) is 32.8 Å². The van der Waals surface area contributed by atoms with Crippen LogP contribution in [0.5, 0.6) is 11.5 Å². The predicted molar refractivity (Wildman–Crippen MR) is 96.5 cm³/mol. The van der Waals surface area contributed by atoms with E-state index in [4.69, 9.17) is 9.47 Å². The summed E-state index contributed by atoms with van der Waals surface area (Å²) in [6.45, 7) is 3.38. The molecule has 2 aliphatic heterocycles. The van der Waals surface area contributed by atoms with E-state index in [9.17, 15) is 4.79 Å². The molecule has 0 atom stereocenters.